The van der Waals surface area contributed by atoms with Crippen molar-refractivity contribution in [2.24, 2.45) is 0 Å². The number of hydrogen-bond acceptors (Lipinski definition) is 4. The Morgan fingerprint density at radius 1 is 0.933 bits per heavy atom. The Kier molecular flexibility index (Phi) is 7.19. The average Bonchev–Trinajstić information content (AvgIpc) is 2.79. The largest absolute Gasteiger partial charge is 0.338 e. The molecule has 0 bridgehead atoms. The van der Waals surface area contributed by atoms with Crippen molar-refractivity contribution in [2.75, 3.05) is 38.0 Å². The first-order chi connectivity index (χ1) is 14.5. The molecule has 2 aromatic rings. The standard InChI is InChI=1S/C23H28N4O3/c1-3-24-23(30)27-15-13-26(14-16-27)17(2)22(29)25-20-12-8-7-11-19(20)21(28)18-9-5-4-6-10-18/h4-12,17H,3,13-16H2,1-2H3,(H,24,30)(H,25,29). The topological polar surface area (TPSA) is 81.8 Å². The van der Waals surface area contributed by atoms with Crippen LogP contribution in [-0.2, 0) is 4.79 Å². The fourth-order valence-corrected chi connectivity index (χ4v) is 3.51. The average molecular weight is 409 g/mol. The predicted octanol–water partition coefficient (Wildman–Crippen LogP) is 2.59. The first-order valence-corrected chi connectivity index (χ1v) is 10.3. The number of benzene rings is 2. The van der Waals surface area contributed by atoms with Crippen LogP contribution in [-0.4, -0.2) is 66.3 Å². The number of nitrogens with zero attached hydrogens (tertiary/aromatic N) is 2. The Morgan fingerprint density at radius 2 is 1.57 bits per heavy atom. The maximum atomic E-state index is 12.9. The first kappa shape index (κ1) is 21.5. The summed E-state index contributed by atoms with van der Waals surface area (Å²) in [5, 5.41) is 5.72. The minimum absolute atomic E-state index is 0.0670. The van der Waals surface area contributed by atoms with Crippen molar-refractivity contribution in [3.8, 4) is 0 Å². The molecular formula is C23H28N4O3. The van der Waals surface area contributed by atoms with Crippen molar-refractivity contribution in [3.05, 3.63) is 65.7 Å². The third-order valence-corrected chi connectivity index (χ3v) is 5.32. The van der Waals surface area contributed by atoms with E-state index in [1.54, 1.807) is 41.3 Å². The molecule has 2 aromatic carbocycles. The van der Waals surface area contributed by atoms with Gasteiger partial charge in [-0.05, 0) is 26.0 Å². The van der Waals surface area contributed by atoms with Gasteiger partial charge in [-0.3, -0.25) is 14.5 Å². The summed E-state index contributed by atoms with van der Waals surface area (Å²) in [7, 11) is 0. The van der Waals surface area contributed by atoms with Gasteiger partial charge in [0, 0.05) is 43.9 Å². The van der Waals surface area contributed by atoms with Gasteiger partial charge in [0.1, 0.15) is 0 Å². The van der Waals surface area contributed by atoms with E-state index in [-0.39, 0.29) is 23.8 Å². The van der Waals surface area contributed by atoms with Crippen molar-refractivity contribution in [3.63, 3.8) is 0 Å². The van der Waals surface area contributed by atoms with Gasteiger partial charge < -0.3 is 15.5 Å². The van der Waals surface area contributed by atoms with E-state index in [1.165, 1.54) is 0 Å². The zero-order valence-corrected chi connectivity index (χ0v) is 17.4. The lowest BCUT2D eigenvalue weighted by atomic mass is 10.0. The Bertz CT molecular complexity index is 892. The summed E-state index contributed by atoms with van der Waals surface area (Å²) in [5.41, 5.74) is 1.54. The molecule has 0 saturated carbocycles. The quantitative estimate of drug-likeness (QED) is 0.720. The summed E-state index contributed by atoms with van der Waals surface area (Å²) < 4.78 is 0. The highest BCUT2D eigenvalue weighted by molar-refractivity contribution is 6.14. The van der Waals surface area contributed by atoms with E-state index in [0.717, 1.165) is 0 Å². The number of nitrogens with one attached hydrogen (secondary N) is 2. The van der Waals surface area contributed by atoms with E-state index in [0.29, 0.717) is 49.5 Å². The molecule has 1 aliphatic heterocycles. The van der Waals surface area contributed by atoms with Gasteiger partial charge >= 0.3 is 6.03 Å². The van der Waals surface area contributed by atoms with Gasteiger partial charge in [0.05, 0.1) is 11.7 Å². The molecule has 158 valence electrons. The Balaban J connectivity index is 1.64. The lowest BCUT2D eigenvalue weighted by Crippen LogP contribution is -2.55. The molecule has 1 unspecified atom stereocenters. The summed E-state index contributed by atoms with van der Waals surface area (Å²) in [6, 6.07) is 15.6. The number of piperazine rings is 1. The smallest absolute Gasteiger partial charge is 0.317 e. The summed E-state index contributed by atoms with van der Waals surface area (Å²) >= 11 is 0. The molecule has 0 aliphatic carbocycles. The van der Waals surface area contributed by atoms with E-state index in [2.05, 4.69) is 10.6 Å². The molecule has 7 nitrogen and oxygen atoms in total. The number of anilines is 1. The van der Waals surface area contributed by atoms with Gasteiger partial charge in [0.2, 0.25) is 5.91 Å². The summed E-state index contributed by atoms with van der Waals surface area (Å²) in [5.74, 6) is -0.301. The summed E-state index contributed by atoms with van der Waals surface area (Å²) in [6.45, 7) is 6.73. The number of hydrogen-bond donors (Lipinski definition) is 2. The molecule has 7 heteroatoms. The molecule has 3 amide bonds. The summed E-state index contributed by atoms with van der Waals surface area (Å²) in [6.07, 6.45) is 0. The number of urea groups is 1. The zero-order valence-electron chi connectivity index (χ0n) is 17.4. The van der Waals surface area contributed by atoms with Crippen molar-refractivity contribution >= 4 is 23.4 Å². The van der Waals surface area contributed by atoms with Crippen LogP contribution >= 0.6 is 0 Å². The molecule has 1 atom stereocenters. The molecular weight excluding hydrogens is 380 g/mol. The van der Waals surface area contributed by atoms with Crippen molar-refractivity contribution < 1.29 is 14.4 Å². The third-order valence-electron chi connectivity index (χ3n) is 5.32. The molecule has 0 radical (unpaired) electrons. The van der Waals surface area contributed by atoms with Gasteiger partial charge in [-0.1, -0.05) is 42.5 Å². The molecule has 2 N–H and O–H groups in total. The molecule has 1 aliphatic rings. The number of amides is 3. The van der Waals surface area contributed by atoms with Crippen LogP contribution in [0.3, 0.4) is 0 Å². The molecule has 0 spiro atoms. The minimum Gasteiger partial charge on any atom is -0.338 e. The minimum atomic E-state index is -0.374. The van der Waals surface area contributed by atoms with Crippen LogP contribution in [0.1, 0.15) is 29.8 Å². The van der Waals surface area contributed by atoms with Crippen LogP contribution in [0, 0.1) is 0 Å². The SMILES string of the molecule is CCNC(=O)N1CCN(C(C)C(=O)Nc2ccccc2C(=O)c2ccccc2)CC1. The monoisotopic (exact) mass is 408 g/mol. The molecule has 1 heterocycles. The van der Waals surface area contributed by atoms with Gasteiger partial charge in [-0.25, -0.2) is 4.79 Å². The van der Waals surface area contributed by atoms with Crippen LogP contribution in [0.5, 0.6) is 0 Å². The molecule has 1 saturated heterocycles. The number of para-hydroxylation sites is 1. The highest BCUT2D eigenvalue weighted by atomic mass is 16.2. The molecule has 1 fully saturated rings. The lowest BCUT2D eigenvalue weighted by Gasteiger charge is -2.37. The number of carbonyl (C=O) groups excluding carboxylic acids is 3. The highest BCUT2D eigenvalue weighted by Crippen LogP contribution is 2.20. The van der Waals surface area contributed by atoms with E-state index in [1.807, 2.05) is 36.9 Å². The van der Waals surface area contributed by atoms with E-state index >= 15 is 0 Å². The third kappa shape index (κ3) is 5.04. The fourth-order valence-electron chi connectivity index (χ4n) is 3.51. The molecule has 0 aromatic heterocycles. The second kappa shape index (κ2) is 10.0. The maximum absolute atomic E-state index is 12.9. The van der Waals surface area contributed by atoms with Gasteiger partial charge in [0.25, 0.3) is 0 Å². The highest BCUT2D eigenvalue weighted by Gasteiger charge is 2.28. The number of rotatable bonds is 6. The van der Waals surface area contributed by atoms with Crippen LogP contribution < -0.4 is 10.6 Å². The second-order valence-corrected chi connectivity index (χ2v) is 7.26. The second-order valence-electron chi connectivity index (χ2n) is 7.26. The van der Waals surface area contributed by atoms with Crippen LogP contribution in [0.25, 0.3) is 0 Å². The van der Waals surface area contributed by atoms with E-state index in [9.17, 15) is 14.4 Å². The molecule has 30 heavy (non-hydrogen) atoms. The Hall–Kier alpha value is -3.19. The number of carbonyl (C=O) groups is 3. The number of ketones is 1. The normalized spacial score (nSPS) is 15.3. The lowest BCUT2D eigenvalue weighted by molar-refractivity contribution is -0.121. The predicted molar refractivity (Wildman–Crippen MR) is 117 cm³/mol. The van der Waals surface area contributed by atoms with Crippen LogP contribution in [0.15, 0.2) is 54.6 Å². The zero-order chi connectivity index (χ0) is 21.5. The van der Waals surface area contributed by atoms with Crippen LogP contribution in [0.2, 0.25) is 0 Å². The Labute approximate surface area is 177 Å². The van der Waals surface area contributed by atoms with Crippen molar-refractivity contribution in [2.45, 2.75) is 19.9 Å². The van der Waals surface area contributed by atoms with E-state index < -0.39 is 0 Å². The van der Waals surface area contributed by atoms with E-state index in [4.69, 9.17) is 0 Å². The fraction of sp³-hybridized carbons (Fsp3) is 0.348. The van der Waals surface area contributed by atoms with Gasteiger partial charge in [-0.15, -0.1) is 0 Å². The van der Waals surface area contributed by atoms with Crippen molar-refractivity contribution in [1.29, 1.82) is 0 Å². The Morgan fingerprint density at radius 3 is 2.23 bits per heavy atom. The van der Waals surface area contributed by atoms with Crippen LogP contribution in [0.4, 0.5) is 10.5 Å². The molecule has 3 rings (SSSR count). The van der Waals surface area contributed by atoms with Gasteiger partial charge in [0.15, 0.2) is 5.78 Å². The van der Waals surface area contributed by atoms with Crippen molar-refractivity contribution in [1.82, 2.24) is 15.1 Å². The maximum Gasteiger partial charge on any atom is 0.317 e. The first-order valence-electron chi connectivity index (χ1n) is 10.3. The van der Waals surface area contributed by atoms with Gasteiger partial charge in [-0.2, -0.15) is 0 Å². The summed E-state index contributed by atoms with van der Waals surface area (Å²) in [4.78, 5) is 41.5.